The maximum Gasteiger partial charge on any atom is 0.315 e. The number of hydrogen-bond acceptors (Lipinski definition) is 4. The second-order valence-corrected chi connectivity index (χ2v) is 7.09. The summed E-state index contributed by atoms with van der Waals surface area (Å²) in [7, 11) is 0. The zero-order chi connectivity index (χ0) is 15.5. The molecule has 5 nitrogen and oxygen atoms in total. The Morgan fingerprint density at radius 2 is 1.42 bits per heavy atom. The Morgan fingerprint density at radius 3 is 1.74 bits per heavy atom. The molecule has 1 atom stereocenters. The Balaban J connectivity index is 4.66. The monoisotopic (exact) mass is 274 g/mol. The van der Waals surface area contributed by atoms with Gasteiger partial charge in [-0.2, -0.15) is 0 Å². The van der Waals surface area contributed by atoms with Crippen LogP contribution in [0.25, 0.3) is 0 Å². The molecule has 0 aromatic carbocycles. The molecule has 0 amide bonds. The van der Waals surface area contributed by atoms with Gasteiger partial charge in [-0.25, -0.2) is 0 Å². The summed E-state index contributed by atoms with van der Waals surface area (Å²) in [5, 5.41) is 9.27. The molecule has 0 radical (unpaired) electrons. The minimum Gasteiger partial charge on any atom is -0.481 e. The number of carboxylic acids is 1. The van der Waals surface area contributed by atoms with E-state index in [1.54, 1.807) is 20.8 Å². The quantitative estimate of drug-likeness (QED) is 0.780. The number of esters is 1. The van der Waals surface area contributed by atoms with Crippen molar-refractivity contribution >= 4 is 11.9 Å². The smallest absolute Gasteiger partial charge is 0.315 e. The van der Waals surface area contributed by atoms with Crippen molar-refractivity contribution < 1.29 is 24.2 Å². The summed E-state index contributed by atoms with van der Waals surface area (Å²) in [5.41, 5.74) is -2.33. The van der Waals surface area contributed by atoms with E-state index in [4.69, 9.17) is 9.47 Å². The lowest BCUT2D eigenvalue weighted by Gasteiger charge is -2.30. The third-order valence-electron chi connectivity index (χ3n) is 2.47. The summed E-state index contributed by atoms with van der Waals surface area (Å²) >= 11 is 0. The van der Waals surface area contributed by atoms with E-state index in [1.165, 1.54) is 6.92 Å². The van der Waals surface area contributed by atoms with Crippen LogP contribution in [0.5, 0.6) is 0 Å². The number of rotatable bonds is 5. The Kier molecular flexibility index (Phi) is 5.56. The molecule has 0 aromatic heterocycles. The van der Waals surface area contributed by atoms with E-state index < -0.39 is 28.4 Å². The van der Waals surface area contributed by atoms with Crippen molar-refractivity contribution in [2.24, 2.45) is 10.8 Å². The Labute approximate surface area is 115 Å². The standard InChI is InChI=1S/C14H26O5/c1-12(2,3)11(17)18-8-14(7,10(15)16)9-19-13(4,5)6/h8-9H2,1-7H3,(H,15,16). The van der Waals surface area contributed by atoms with Gasteiger partial charge in [-0.3, -0.25) is 9.59 Å². The topological polar surface area (TPSA) is 72.8 Å². The average molecular weight is 274 g/mol. The highest BCUT2D eigenvalue weighted by Crippen LogP contribution is 2.23. The first kappa shape index (κ1) is 17.9. The lowest BCUT2D eigenvalue weighted by Crippen LogP contribution is -2.41. The van der Waals surface area contributed by atoms with Crippen molar-refractivity contribution in [2.45, 2.75) is 54.1 Å². The predicted octanol–water partition coefficient (Wildman–Crippen LogP) is 2.48. The van der Waals surface area contributed by atoms with Crippen molar-refractivity contribution in [2.75, 3.05) is 13.2 Å². The van der Waals surface area contributed by atoms with E-state index in [0.29, 0.717) is 0 Å². The molecule has 0 spiro atoms. The van der Waals surface area contributed by atoms with Crippen molar-refractivity contribution in [3.63, 3.8) is 0 Å². The van der Waals surface area contributed by atoms with Gasteiger partial charge in [-0.1, -0.05) is 0 Å². The van der Waals surface area contributed by atoms with Gasteiger partial charge in [0.15, 0.2) is 0 Å². The van der Waals surface area contributed by atoms with Crippen LogP contribution in [-0.4, -0.2) is 35.9 Å². The van der Waals surface area contributed by atoms with Crippen molar-refractivity contribution in [1.82, 2.24) is 0 Å². The molecule has 0 fully saturated rings. The number of carbonyl (C=O) groups excluding carboxylic acids is 1. The van der Waals surface area contributed by atoms with Gasteiger partial charge in [0.05, 0.1) is 17.6 Å². The van der Waals surface area contributed by atoms with Crippen molar-refractivity contribution in [1.29, 1.82) is 0 Å². The van der Waals surface area contributed by atoms with E-state index in [9.17, 15) is 14.7 Å². The average Bonchev–Trinajstić information content (AvgIpc) is 2.20. The van der Waals surface area contributed by atoms with Gasteiger partial charge < -0.3 is 14.6 Å². The van der Waals surface area contributed by atoms with Gasteiger partial charge in [-0.05, 0) is 48.5 Å². The summed E-state index contributed by atoms with van der Waals surface area (Å²) in [6.07, 6.45) is 0. The Bertz CT molecular complexity index is 335. The van der Waals surface area contributed by atoms with Crippen molar-refractivity contribution in [3.05, 3.63) is 0 Å². The predicted molar refractivity (Wildman–Crippen MR) is 71.9 cm³/mol. The van der Waals surface area contributed by atoms with Gasteiger partial charge >= 0.3 is 11.9 Å². The van der Waals surface area contributed by atoms with E-state index >= 15 is 0 Å². The van der Waals surface area contributed by atoms with Gasteiger partial charge in [0.25, 0.3) is 0 Å². The summed E-state index contributed by atoms with van der Waals surface area (Å²) in [5.74, 6) is -1.46. The van der Waals surface area contributed by atoms with Crippen LogP contribution in [0.2, 0.25) is 0 Å². The maximum atomic E-state index is 11.7. The normalized spacial score (nSPS) is 15.7. The highest BCUT2D eigenvalue weighted by Gasteiger charge is 2.38. The molecule has 0 heterocycles. The molecule has 1 N–H and O–H groups in total. The Morgan fingerprint density at radius 1 is 0.947 bits per heavy atom. The maximum absolute atomic E-state index is 11.7. The third kappa shape index (κ3) is 6.57. The largest absolute Gasteiger partial charge is 0.481 e. The molecule has 112 valence electrons. The molecule has 0 saturated carbocycles. The molecular weight excluding hydrogens is 248 g/mol. The molecule has 0 aliphatic carbocycles. The minimum atomic E-state index is -1.24. The van der Waals surface area contributed by atoms with Crippen LogP contribution in [0.4, 0.5) is 0 Å². The summed E-state index contributed by atoms with van der Waals surface area (Å²) in [6, 6.07) is 0. The minimum absolute atomic E-state index is 0.0107. The van der Waals surface area contributed by atoms with Gasteiger partial charge in [0, 0.05) is 0 Å². The molecule has 0 rings (SSSR count). The highest BCUT2D eigenvalue weighted by molar-refractivity contribution is 5.77. The molecule has 5 heteroatoms. The zero-order valence-electron chi connectivity index (χ0n) is 13.0. The van der Waals surface area contributed by atoms with E-state index in [0.717, 1.165) is 0 Å². The molecule has 0 saturated heterocycles. The first-order valence-electron chi connectivity index (χ1n) is 6.32. The number of carboxylic acid groups (broad SMARTS) is 1. The molecule has 0 aliphatic heterocycles. The van der Waals surface area contributed by atoms with E-state index in [1.807, 2.05) is 20.8 Å². The number of hydrogen-bond donors (Lipinski definition) is 1. The van der Waals surface area contributed by atoms with Gasteiger partial charge in [-0.15, -0.1) is 0 Å². The summed E-state index contributed by atoms with van der Waals surface area (Å²) < 4.78 is 10.6. The molecular formula is C14H26O5. The number of aliphatic carboxylic acids is 1. The first-order valence-corrected chi connectivity index (χ1v) is 6.32. The first-order chi connectivity index (χ1) is 8.28. The number of ether oxygens (including phenoxy) is 2. The van der Waals surface area contributed by atoms with Crippen LogP contribution in [0.1, 0.15) is 48.5 Å². The van der Waals surface area contributed by atoms with Crippen molar-refractivity contribution in [3.8, 4) is 0 Å². The second-order valence-electron chi connectivity index (χ2n) is 7.09. The number of carbonyl (C=O) groups is 2. The van der Waals surface area contributed by atoms with Crippen LogP contribution >= 0.6 is 0 Å². The summed E-state index contributed by atoms with van der Waals surface area (Å²) in [4.78, 5) is 23.0. The van der Waals surface area contributed by atoms with E-state index in [2.05, 4.69) is 0 Å². The molecule has 0 aromatic rings. The van der Waals surface area contributed by atoms with Crippen LogP contribution in [0.3, 0.4) is 0 Å². The van der Waals surface area contributed by atoms with E-state index in [-0.39, 0.29) is 13.2 Å². The fourth-order valence-corrected chi connectivity index (χ4v) is 0.982. The fourth-order valence-electron chi connectivity index (χ4n) is 0.982. The molecule has 0 aliphatic rings. The highest BCUT2D eigenvalue weighted by atomic mass is 16.5. The lowest BCUT2D eigenvalue weighted by molar-refractivity contribution is -0.169. The van der Waals surface area contributed by atoms with Crippen LogP contribution in [0.15, 0.2) is 0 Å². The molecule has 1 unspecified atom stereocenters. The fraction of sp³-hybridized carbons (Fsp3) is 0.857. The lowest BCUT2D eigenvalue weighted by atomic mass is 9.92. The SMILES string of the molecule is CC(C)(C)OCC(C)(COC(=O)C(C)(C)C)C(=O)O. The summed E-state index contributed by atoms with van der Waals surface area (Å²) in [6.45, 7) is 12.0. The van der Waals surface area contributed by atoms with Gasteiger partial charge in [0.2, 0.25) is 0 Å². The second kappa shape index (κ2) is 5.90. The zero-order valence-corrected chi connectivity index (χ0v) is 13.0. The van der Waals surface area contributed by atoms with Crippen LogP contribution in [-0.2, 0) is 19.1 Å². The van der Waals surface area contributed by atoms with Gasteiger partial charge in [0.1, 0.15) is 12.0 Å². The molecule has 19 heavy (non-hydrogen) atoms. The third-order valence-corrected chi connectivity index (χ3v) is 2.47. The van der Waals surface area contributed by atoms with Crippen LogP contribution in [0, 0.1) is 10.8 Å². The molecule has 0 bridgehead atoms. The Hall–Kier alpha value is -1.10. The van der Waals surface area contributed by atoms with Crippen LogP contribution < -0.4 is 0 Å².